The van der Waals surface area contributed by atoms with Crippen LogP contribution in [0.2, 0.25) is 0 Å². The molecule has 0 unspecified atom stereocenters. The number of halogens is 1. The van der Waals surface area contributed by atoms with Gasteiger partial charge in [-0.25, -0.2) is 18.7 Å². The van der Waals surface area contributed by atoms with E-state index in [9.17, 15) is 24.0 Å². The lowest BCUT2D eigenvalue weighted by Crippen LogP contribution is -2.31. The van der Waals surface area contributed by atoms with Crippen molar-refractivity contribution in [2.75, 3.05) is 33.1 Å². The van der Waals surface area contributed by atoms with Crippen LogP contribution in [0.1, 0.15) is 23.0 Å². The van der Waals surface area contributed by atoms with Crippen LogP contribution < -0.4 is 20.3 Å². The van der Waals surface area contributed by atoms with Crippen LogP contribution in [0.3, 0.4) is 0 Å². The number of carboxylic acid groups (broad SMARTS) is 2. The summed E-state index contributed by atoms with van der Waals surface area (Å²) in [6, 6.07) is 19.7. The van der Waals surface area contributed by atoms with Gasteiger partial charge in [0.25, 0.3) is 11.5 Å². The summed E-state index contributed by atoms with van der Waals surface area (Å²) in [5.74, 6) is -3.41. The Morgan fingerprint density at radius 1 is 0.963 bits per heavy atom. The van der Waals surface area contributed by atoms with E-state index in [1.807, 2.05) is 6.07 Å². The maximum Gasteiger partial charge on any atom is 0.328 e. The van der Waals surface area contributed by atoms with Gasteiger partial charge in [-0.1, -0.05) is 18.2 Å². The smallest absolute Gasteiger partial charge is 0.328 e. The third-order valence-corrected chi connectivity index (χ3v) is 7.52. The average molecular weight is 744 g/mol. The van der Waals surface area contributed by atoms with Crippen LogP contribution in [-0.4, -0.2) is 87.1 Å². The Kier molecular flexibility index (Phi) is 13.4. The summed E-state index contributed by atoms with van der Waals surface area (Å²) < 4.78 is 34.9. The number of ether oxygens (including phenoxy) is 3. The van der Waals surface area contributed by atoms with Crippen molar-refractivity contribution < 1.29 is 48.0 Å². The van der Waals surface area contributed by atoms with Gasteiger partial charge in [0.1, 0.15) is 23.2 Å². The molecule has 0 aliphatic rings. The minimum absolute atomic E-state index is 0.0621. The van der Waals surface area contributed by atoms with E-state index in [1.54, 1.807) is 99.4 Å². The number of amides is 1. The van der Waals surface area contributed by atoms with Crippen molar-refractivity contribution in [1.29, 1.82) is 0 Å². The number of rotatable bonds is 13. The molecule has 0 radical (unpaired) electrons. The lowest BCUT2D eigenvalue weighted by Gasteiger charge is -2.19. The summed E-state index contributed by atoms with van der Waals surface area (Å²) >= 11 is 0. The molecule has 16 heteroatoms. The van der Waals surface area contributed by atoms with Crippen LogP contribution in [0, 0.1) is 12.7 Å². The predicted octanol–water partition coefficient (Wildman–Crippen LogP) is 4.89. The molecule has 0 aliphatic carbocycles. The zero-order valence-corrected chi connectivity index (χ0v) is 30.0. The van der Waals surface area contributed by atoms with Crippen LogP contribution in [0.4, 0.5) is 10.1 Å². The number of pyridine rings is 1. The first-order valence-electron chi connectivity index (χ1n) is 16.3. The second-order valence-electron chi connectivity index (χ2n) is 11.9. The van der Waals surface area contributed by atoms with Gasteiger partial charge in [-0.05, 0) is 70.4 Å². The third-order valence-electron chi connectivity index (χ3n) is 7.52. The van der Waals surface area contributed by atoms with Crippen molar-refractivity contribution in [1.82, 2.24) is 19.2 Å². The first-order valence-corrected chi connectivity index (χ1v) is 16.3. The van der Waals surface area contributed by atoms with E-state index in [1.165, 1.54) is 16.8 Å². The average Bonchev–Trinajstić information content (AvgIpc) is 3.36. The standard InChI is InChI=1S/C34H34FN5O6.C4H4O4/c1-21(45-31(41)20-38(3)4)19-39-22(2)32(34(43)40(39)24-9-7-6-8-10-24)33(42)37-23-11-14-30(27(35)17-23)46-29-15-16-36-28-18-25(44-5)12-13-26(28)29;5-3(6)1-2-4(7)8/h6-18,21H,19-20H2,1-5H3,(H,37,42);1-2H,(H,5,6)(H,7,8)/t21-;/m0./s1. The minimum atomic E-state index is -1.26. The Hall–Kier alpha value is -6.81. The molecule has 54 heavy (non-hydrogen) atoms. The number of carboxylic acids is 2. The second kappa shape index (κ2) is 18.1. The molecule has 3 aromatic carbocycles. The zero-order chi connectivity index (χ0) is 39.5. The van der Waals surface area contributed by atoms with Crippen molar-refractivity contribution in [3.63, 3.8) is 0 Å². The van der Waals surface area contributed by atoms with Crippen molar-refractivity contribution >= 4 is 40.4 Å². The number of para-hydroxylation sites is 1. The van der Waals surface area contributed by atoms with Gasteiger partial charge in [-0.15, -0.1) is 0 Å². The highest BCUT2D eigenvalue weighted by atomic mass is 19.1. The Morgan fingerprint density at radius 2 is 1.65 bits per heavy atom. The molecule has 0 saturated carbocycles. The van der Waals surface area contributed by atoms with E-state index < -0.39 is 41.3 Å². The van der Waals surface area contributed by atoms with E-state index in [-0.39, 0.29) is 30.1 Å². The van der Waals surface area contributed by atoms with Gasteiger partial charge in [0, 0.05) is 41.6 Å². The molecule has 0 saturated heterocycles. The van der Waals surface area contributed by atoms with Crippen molar-refractivity contribution in [2.45, 2.75) is 26.5 Å². The molecule has 5 rings (SSSR count). The molecule has 3 N–H and O–H groups in total. The molecule has 282 valence electrons. The predicted molar refractivity (Wildman–Crippen MR) is 196 cm³/mol. The quantitative estimate of drug-likeness (QED) is 0.109. The fourth-order valence-corrected chi connectivity index (χ4v) is 5.19. The second-order valence-corrected chi connectivity index (χ2v) is 11.9. The fourth-order valence-electron chi connectivity index (χ4n) is 5.19. The first kappa shape index (κ1) is 40.0. The van der Waals surface area contributed by atoms with Gasteiger partial charge < -0.3 is 29.7 Å². The van der Waals surface area contributed by atoms with Crippen molar-refractivity contribution in [3.05, 3.63) is 119 Å². The molecule has 0 fully saturated rings. The molecular weight excluding hydrogens is 705 g/mol. The SMILES string of the molecule is COc1ccc2c(Oc3ccc(NC(=O)c4c(C)n(C[C@H](C)OC(=O)CN(C)C)n(-c5ccccc5)c4=O)cc3F)ccnc2c1.O=C(O)C=CC(=O)O. The normalized spacial score (nSPS) is 11.5. The first-order chi connectivity index (χ1) is 25.7. The van der Waals surface area contributed by atoms with Crippen LogP contribution in [-0.2, 0) is 25.7 Å². The number of aromatic nitrogens is 3. The summed E-state index contributed by atoms with van der Waals surface area (Å²) in [7, 11) is 5.07. The molecule has 5 aromatic rings. The number of esters is 1. The van der Waals surface area contributed by atoms with Crippen molar-refractivity contribution in [2.24, 2.45) is 0 Å². The van der Waals surface area contributed by atoms with Crippen LogP contribution >= 0.6 is 0 Å². The number of aliphatic carboxylic acids is 2. The van der Waals surface area contributed by atoms with Gasteiger partial charge in [-0.3, -0.25) is 28.9 Å². The van der Waals surface area contributed by atoms with E-state index in [4.69, 9.17) is 24.4 Å². The zero-order valence-electron chi connectivity index (χ0n) is 30.0. The summed E-state index contributed by atoms with van der Waals surface area (Å²) in [5, 5.41) is 18.9. The number of methoxy groups -OCH3 is 1. The highest BCUT2D eigenvalue weighted by Gasteiger charge is 2.26. The minimum Gasteiger partial charge on any atom is -0.497 e. The number of nitrogens with one attached hydrogen (secondary N) is 1. The number of likely N-dealkylation sites (N-methyl/N-ethyl adjacent to an activating group) is 1. The molecule has 1 amide bonds. The fraction of sp³-hybridized carbons (Fsp3) is 0.211. The number of hydrogen-bond acceptors (Lipinski definition) is 10. The molecule has 0 aliphatic heterocycles. The van der Waals surface area contributed by atoms with Gasteiger partial charge in [0.15, 0.2) is 11.6 Å². The van der Waals surface area contributed by atoms with Gasteiger partial charge in [0.05, 0.1) is 37.1 Å². The number of nitrogens with zero attached hydrogens (tertiary/aromatic N) is 4. The van der Waals surface area contributed by atoms with Gasteiger partial charge >= 0.3 is 17.9 Å². The highest BCUT2D eigenvalue weighted by molar-refractivity contribution is 6.05. The summed E-state index contributed by atoms with van der Waals surface area (Å²) in [4.78, 5) is 64.6. The molecule has 0 bridgehead atoms. The monoisotopic (exact) mass is 743 g/mol. The Bertz CT molecular complexity index is 2230. The van der Waals surface area contributed by atoms with Crippen LogP contribution in [0.15, 0.2) is 95.9 Å². The molecular formula is C38H38FN5O10. The van der Waals surface area contributed by atoms with E-state index >= 15 is 4.39 Å². The number of carbonyl (C=O) groups excluding carboxylic acids is 2. The van der Waals surface area contributed by atoms with Crippen LogP contribution in [0.25, 0.3) is 16.6 Å². The number of benzene rings is 3. The maximum absolute atomic E-state index is 15.3. The van der Waals surface area contributed by atoms with Crippen molar-refractivity contribution in [3.8, 4) is 22.9 Å². The number of fused-ring (bicyclic) bond motifs is 1. The molecule has 15 nitrogen and oxygen atoms in total. The van der Waals surface area contributed by atoms with E-state index in [0.717, 1.165) is 6.07 Å². The Morgan fingerprint density at radius 3 is 2.26 bits per heavy atom. The molecule has 1 atom stereocenters. The molecule has 2 aromatic heterocycles. The van der Waals surface area contributed by atoms with Gasteiger partial charge in [-0.2, -0.15) is 0 Å². The lowest BCUT2D eigenvalue weighted by molar-refractivity contribution is -0.149. The largest absolute Gasteiger partial charge is 0.497 e. The van der Waals surface area contributed by atoms with E-state index in [0.29, 0.717) is 45.9 Å². The third kappa shape index (κ3) is 10.4. The molecule has 2 heterocycles. The summed E-state index contributed by atoms with van der Waals surface area (Å²) in [6.07, 6.45) is 2.06. The van der Waals surface area contributed by atoms with Gasteiger partial charge in [0.2, 0.25) is 0 Å². The summed E-state index contributed by atoms with van der Waals surface area (Å²) in [5.41, 5.74) is 0.915. The highest BCUT2D eigenvalue weighted by Crippen LogP contribution is 2.33. The lowest BCUT2D eigenvalue weighted by atomic mass is 10.2. The Labute approximate surface area is 308 Å². The number of hydrogen-bond donors (Lipinski definition) is 3. The number of carbonyl (C=O) groups is 4. The number of anilines is 1. The topological polar surface area (TPSA) is 192 Å². The maximum atomic E-state index is 15.3. The molecule has 0 spiro atoms. The Balaban J connectivity index is 0.000000730. The van der Waals surface area contributed by atoms with Crippen LogP contribution in [0.5, 0.6) is 17.2 Å². The summed E-state index contributed by atoms with van der Waals surface area (Å²) in [6.45, 7) is 3.56. The van der Waals surface area contributed by atoms with E-state index in [2.05, 4.69) is 10.3 Å².